The van der Waals surface area contributed by atoms with E-state index in [1.54, 1.807) is 16.9 Å². The summed E-state index contributed by atoms with van der Waals surface area (Å²) in [5, 5.41) is 8.78. The number of benzene rings is 3. The van der Waals surface area contributed by atoms with E-state index in [-0.39, 0.29) is 23.6 Å². The van der Waals surface area contributed by atoms with Crippen molar-refractivity contribution in [2.45, 2.75) is 23.5 Å². The number of thioether (sulfide) groups is 1. The highest BCUT2D eigenvalue weighted by atomic mass is 35.5. The molecule has 1 fully saturated rings. The largest absolute Gasteiger partial charge is 0.497 e. The minimum absolute atomic E-state index is 0.0139. The van der Waals surface area contributed by atoms with Gasteiger partial charge in [0.25, 0.3) is 0 Å². The summed E-state index contributed by atoms with van der Waals surface area (Å²) in [6.45, 7) is 3.29. The molecule has 2 unspecified atom stereocenters. The van der Waals surface area contributed by atoms with E-state index in [0.717, 1.165) is 22.6 Å². The second-order valence-electron chi connectivity index (χ2n) is 9.49. The van der Waals surface area contributed by atoms with Crippen LogP contribution in [0.25, 0.3) is 17.1 Å². The van der Waals surface area contributed by atoms with Gasteiger partial charge >= 0.3 is 0 Å². The number of amides is 2. The number of aromatic nitrogens is 3. The van der Waals surface area contributed by atoms with Crippen molar-refractivity contribution < 1.29 is 14.3 Å². The van der Waals surface area contributed by atoms with Crippen molar-refractivity contribution in [2.75, 3.05) is 32.5 Å². The molecule has 206 valence electrons. The number of carbonyl (C=O) groups excluding carboxylic acids is 2. The molecule has 3 aromatic carbocycles. The van der Waals surface area contributed by atoms with Crippen LogP contribution >= 0.6 is 23.4 Å². The summed E-state index contributed by atoms with van der Waals surface area (Å²) in [5.41, 5.74) is 2.53. The average Bonchev–Trinajstić information content (AvgIpc) is 3.44. The first-order valence-electron chi connectivity index (χ1n) is 13.0. The highest BCUT2D eigenvalue weighted by molar-refractivity contribution is 7.99. The molecule has 2 atom stereocenters. The fourth-order valence-electron chi connectivity index (χ4n) is 4.76. The SMILES string of the molecule is COc1cccc(-c2nnc(SCC(=O)N3CCN(C(=O)C(Cl)c4ccccc4)C(C)C3)n2-c2ccccc2)c1. The van der Waals surface area contributed by atoms with Gasteiger partial charge < -0.3 is 14.5 Å². The lowest BCUT2D eigenvalue weighted by atomic mass is 10.1. The average molecular weight is 576 g/mol. The van der Waals surface area contributed by atoms with Crippen LogP contribution in [0.2, 0.25) is 0 Å². The second kappa shape index (κ2) is 12.6. The van der Waals surface area contributed by atoms with E-state index in [9.17, 15) is 9.59 Å². The summed E-state index contributed by atoms with van der Waals surface area (Å²) in [7, 11) is 1.63. The number of piperazine rings is 1. The molecule has 0 spiro atoms. The Balaban J connectivity index is 1.27. The molecule has 2 heterocycles. The zero-order valence-electron chi connectivity index (χ0n) is 22.3. The van der Waals surface area contributed by atoms with Crippen molar-refractivity contribution in [3.8, 4) is 22.8 Å². The topological polar surface area (TPSA) is 80.6 Å². The van der Waals surface area contributed by atoms with E-state index >= 15 is 0 Å². The van der Waals surface area contributed by atoms with Gasteiger partial charge in [0.15, 0.2) is 11.0 Å². The molecule has 0 aliphatic carbocycles. The number of hydrogen-bond acceptors (Lipinski definition) is 6. The Kier molecular flexibility index (Phi) is 8.72. The number of carbonyl (C=O) groups is 2. The fraction of sp³-hybridized carbons (Fsp3) is 0.267. The van der Waals surface area contributed by atoms with Crippen molar-refractivity contribution in [3.63, 3.8) is 0 Å². The van der Waals surface area contributed by atoms with Gasteiger partial charge in [-0.05, 0) is 36.8 Å². The van der Waals surface area contributed by atoms with Crippen LogP contribution in [-0.4, -0.2) is 74.9 Å². The Hall–Kier alpha value is -3.82. The van der Waals surface area contributed by atoms with Gasteiger partial charge in [-0.2, -0.15) is 0 Å². The summed E-state index contributed by atoms with van der Waals surface area (Å²) >= 11 is 7.85. The molecule has 40 heavy (non-hydrogen) atoms. The summed E-state index contributed by atoms with van der Waals surface area (Å²) in [5.74, 6) is 1.43. The van der Waals surface area contributed by atoms with Crippen LogP contribution in [0, 0.1) is 0 Å². The molecule has 0 bridgehead atoms. The molecule has 4 aromatic rings. The fourth-order valence-corrected chi connectivity index (χ4v) is 5.89. The van der Waals surface area contributed by atoms with Gasteiger partial charge in [-0.25, -0.2) is 0 Å². The van der Waals surface area contributed by atoms with Crippen LogP contribution in [0.3, 0.4) is 0 Å². The van der Waals surface area contributed by atoms with Gasteiger partial charge in [0.05, 0.1) is 12.9 Å². The van der Waals surface area contributed by atoms with Crippen molar-refractivity contribution in [2.24, 2.45) is 0 Å². The van der Waals surface area contributed by atoms with Crippen molar-refractivity contribution in [3.05, 3.63) is 90.5 Å². The molecule has 1 saturated heterocycles. The molecule has 5 rings (SSSR count). The first-order chi connectivity index (χ1) is 19.5. The van der Waals surface area contributed by atoms with E-state index < -0.39 is 5.38 Å². The third kappa shape index (κ3) is 6.00. The molecule has 0 N–H and O–H groups in total. The van der Waals surface area contributed by atoms with Crippen LogP contribution in [0.1, 0.15) is 17.9 Å². The van der Waals surface area contributed by atoms with Crippen molar-refractivity contribution >= 4 is 35.2 Å². The maximum absolute atomic E-state index is 13.3. The highest BCUT2D eigenvalue weighted by Gasteiger charge is 2.33. The van der Waals surface area contributed by atoms with E-state index in [4.69, 9.17) is 16.3 Å². The lowest BCUT2D eigenvalue weighted by Gasteiger charge is -2.40. The van der Waals surface area contributed by atoms with Crippen LogP contribution < -0.4 is 4.74 Å². The molecule has 1 aromatic heterocycles. The third-order valence-electron chi connectivity index (χ3n) is 6.87. The maximum atomic E-state index is 13.3. The summed E-state index contributed by atoms with van der Waals surface area (Å²) in [4.78, 5) is 29.9. The molecular weight excluding hydrogens is 546 g/mol. The van der Waals surface area contributed by atoms with E-state index in [2.05, 4.69) is 10.2 Å². The van der Waals surface area contributed by atoms with Crippen LogP contribution in [0.5, 0.6) is 5.75 Å². The standard InChI is InChI=1S/C30H30ClN5O3S/c1-21-19-34(16-17-35(21)29(38)27(31)22-10-5-3-6-11-22)26(37)20-40-30-33-32-28(23-12-9-15-25(18-23)39-2)36(30)24-13-7-4-8-14-24/h3-15,18,21,27H,16-17,19-20H2,1-2H3. The monoisotopic (exact) mass is 575 g/mol. The second-order valence-corrected chi connectivity index (χ2v) is 10.9. The predicted molar refractivity (Wildman–Crippen MR) is 157 cm³/mol. The van der Waals surface area contributed by atoms with Crippen LogP contribution in [0.4, 0.5) is 0 Å². The summed E-state index contributed by atoms with van der Waals surface area (Å²) in [6, 6.07) is 26.7. The molecular formula is C30H30ClN5O3S. The summed E-state index contributed by atoms with van der Waals surface area (Å²) < 4.78 is 7.35. The third-order valence-corrected chi connectivity index (χ3v) is 8.23. The Morgan fingerprint density at radius 2 is 1.73 bits per heavy atom. The molecule has 2 amide bonds. The minimum Gasteiger partial charge on any atom is -0.497 e. The Morgan fingerprint density at radius 3 is 2.42 bits per heavy atom. The predicted octanol–water partition coefficient (Wildman–Crippen LogP) is 5.07. The molecule has 0 radical (unpaired) electrons. The quantitative estimate of drug-likeness (QED) is 0.215. The molecule has 1 aliphatic heterocycles. The first kappa shape index (κ1) is 27.7. The Morgan fingerprint density at radius 1 is 1.00 bits per heavy atom. The summed E-state index contributed by atoms with van der Waals surface area (Å²) in [6.07, 6.45) is 0. The number of ether oxygens (including phenoxy) is 1. The normalized spacial score (nSPS) is 16.0. The van der Waals surface area contributed by atoms with Gasteiger partial charge in [-0.3, -0.25) is 14.2 Å². The molecule has 0 saturated carbocycles. The molecule has 8 nitrogen and oxygen atoms in total. The van der Waals surface area contributed by atoms with Crippen molar-refractivity contribution in [1.82, 2.24) is 24.6 Å². The Labute approximate surface area is 242 Å². The number of rotatable bonds is 8. The molecule has 10 heteroatoms. The lowest BCUT2D eigenvalue weighted by molar-refractivity contribution is -0.141. The van der Waals surface area contributed by atoms with Gasteiger partial charge in [0, 0.05) is 36.9 Å². The first-order valence-corrected chi connectivity index (χ1v) is 14.4. The van der Waals surface area contributed by atoms with Crippen molar-refractivity contribution in [1.29, 1.82) is 0 Å². The van der Waals surface area contributed by atoms with Gasteiger partial charge in [-0.1, -0.05) is 72.4 Å². The van der Waals surface area contributed by atoms with Gasteiger partial charge in [-0.15, -0.1) is 21.8 Å². The zero-order valence-corrected chi connectivity index (χ0v) is 23.9. The number of halogens is 1. The zero-order chi connectivity index (χ0) is 28.1. The van der Waals surface area contributed by atoms with E-state index in [0.29, 0.717) is 30.6 Å². The highest BCUT2D eigenvalue weighted by Crippen LogP contribution is 2.30. The van der Waals surface area contributed by atoms with Crippen LogP contribution in [0.15, 0.2) is 90.1 Å². The molecule has 1 aliphatic rings. The number of methoxy groups -OCH3 is 1. The lowest BCUT2D eigenvalue weighted by Crippen LogP contribution is -2.56. The number of para-hydroxylation sites is 1. The number of hydrogen-bond donors (Lipinski definition) is 0. The van der Waals surface area contributed by atoms with Crippen LogP contribution in [-0.2, 0) is 9.59 Å². The number of alkyl halides is 1. The van der Waals surface area contributed by atoms with E-state index in [1.165, 1.54) is 11.8 Å². The van der Waals surface area contributed by atoms with Gasteiger partial charge in [0.2, 0.25) is 11.8 Å². The Bertz CT molecular complexity index is 1470. The number of nitrogens with zero attached hydrogens (tertiary/aromatic N) is 5. The maximum Gasteiger partial charge on any atom is 0.245 e. The van der Waals surface area contributed by atoms with Gasteiger partial charge in [0.1, 0.15) is 11.1 Å². The smallest absolute Gasteiger partial charge is 0.245 e. The minimum atomic E-state index is -0.746. The van der Waals surface area contributed by atoms with E-state index in [1.807, 2.05) is 96.4 Å².